The Morgan fingerprint density at radius 3 is 2.02 bits per heavy atom. The van der Waals surface area contributed by atoms with E-state index in [9.17, 15) is 9.90 Å². The van der Waals surface area contributed by atoms with Crippen molar-refractivity contribution in [1.82, 2.24) is 9.47 Å². The third-order valence-corrected chi connectivity index (χ3v) is 6.28. The van der Waals surface area contributed by atoms with Crippen LogP contribution in [0.4, 0.5) is 5.69 Å². The number of para-hydroxylation sites is 1. The summed E-state index contributed by atoms with van der Waals surface area (Å²) in [6, 6.07) is 37.3. The molecule has 0 saturated heterocycles. The molecule has 1 amide bonds. The average molecular weight is 532 g/mol. The summed E-state index contributed by atoms with van der Waals surface area (Å²) < 4.78 is 1.79. The fourth-order valence-corrected chi connectivity index (χ4v) is 4.42. The van der Waals surface area contributed by atoms with Crippen molar-refractivity contribution in [3.05, 3.63) is 132 Å². The Labute approximate surface area is 232 Å². The Morgan fingerprint density at radius 1 is 0.800 bits per heavy atom. The fourth-order valence-electron chi connectivity index (χ4n) is 4.42. The van der Waals surface area contributed by atoms with E-state index in [1.807, 2.05) is 91.0 Å². The van der Waals surface area contributed by atoms with Crippen molar-refractivity contribution < 1.29 is 14.7 Å². The lowest BCUT2D eigenvalue weighted by atomic mass is 10.2. The van der Waals surface area contributed by atoms with Crippen LogP contribution in [0.5, 0.6) is 5.88 Å². The number of aromatic nitrogens is 1. The number of amides is 1. The van der Waals surface area contributed by atoms with Crippen molar-refractivity contribution in [3.8, 4) is 5.88 Å². The Balaban J connectivity index is 1.35. The number of hydrogen-bond acceptors (Lipinski definition) is 6. The molecule has 0 fully saturated rings. The highest BCUT2D eigenvalue weighted by molar-refractivity contribution is 5.95. The maximum Gasteiger partial charge on any atom is 0.304 e. The monoisotopic (exact) mass is 531 g/mol. The Bertz CT molecular complexity index is 1560. The molecule has 0 radical (unpaired) electrons. The molecule has 5 aromatic rings. The van der Waals surface area contributed by atoms with Crippen LogP contribution in [0, 0.1) is 0 Å². The highest BCUT2D eigenvalue weighted by Gasteiger charge is 2.19. The zero-order valence-electron chi connectivity index (χ0n) is 21.9. The Kier molecular flexibility index (Phi) is 8.70. The quantitative estimate of drug-likeness (QED) is 0.117. The van der Waals surface area contributed by atoms with Crippen LogP contribution in [0.3, 0.4) is 0 Å². The number of aromatic hydroxyl groups is 1. The average Bonchev–Trinajstić information content (AvgIpc) is 3.26. The fraction of sp³-hybridized carbons (Fsp3) is 0.125. The highest BCUT2D eigenvalue weighted by atomic mass is 16.6. The number of azo groups is 1. The third kappa shape index (κ3) is 6.86. The molecule has 1 heterocycles. The molecule has 0 atom stereocenters. The van der Waals surface area contributed by atoms with Crippen molar-refractivity contribution >= 4 is 28.7 Å². The van der Waals surface area contributed by atoms with E-state index in [0.29, 0.717) is 25.1 Å². The summed E-state index contributed by atoms with van der Waals surface area (Å²) in [5, 5.41) is 23.7. The van der Waals surface area contributed by atoms with Crippen LogP contribution < -0.4 is 0 Å². The predicted octanol–water partition coefficient (Wildman–Crippen LogP) is 6.67. The number of nitrogens with zero attached hydrogens (tertiary/aromatic N) is 5. The van der Waals surface area contributed by atoms with Gasteiger partial charge >= 0.3 is 5.91 Å². The maximum absolute atomic E-state index is 12.3. The van der Waals surface area contributed by atoms with Crippen LogP contribution in [0.15, 0.2) is 131 Å². The number of carbonyl (C=O) groups is 1. The predicted molar refractivity (Wildman–Crippen MR) is 155 cm³/mol. The van der Waals surface area contributed by atoms with Crippen molar-refractivity contribution in [3.63, 3.8) is 0 Å². The Morgan fingerprint density at radius 2 is 1.38 bits per heavy atom. The van der Waals surface area contributed by atoms with Gasteiger partial charge in [0.15, 0.2) is 12.3 Å². The molecule has 0 spiro atoms. The second kappa shape index (κ2) is 13.1. The minimum Gasteiger partial charge on any atom is -0.493 e. The SMILES string of the molecule is O=C(CO/N=C/c1ccccc1)N=Nc1c(O)n(CN(Cc2ccccc2)Cc2ccccc2)c2ccccc12. The summed E-state index contributed by atoms with van der Waals surface area (Å²) in [4.78, 5) is 19.6. The Hall–Kier alpha value is -5.08. The van der Waals surface area contributed by atoms with Gasteiger partial charge in [-0.2, -0.15) is 0 Å². The number of carbonyl (C=O) groups excluding carboxylic acids is 1. The van der Waals surface area contributed by atoms with Crippen molar-refractivity contribution in [2.24, 2.45) is 15.4 Å². The molecule has 0 aliphatic heterocycles. The van der Waals surface area contributed by atoms with Gasteiger partial charge in [0.25, 0.3) is 0 Å². The molecule has 5 rings (SSSR count). The molecule has 200 valence electrons. The minimum absolute atomic E-state index is 0.0631. The van der Waals surface area contributed by atoms with Gasteiger partial charge in [-0.3, -0.25) is 14.3 Å². The first-order chi connectivity index (χ1) is 19.7. The highest BCUT2D eigenvalue weighted by Crippen LogP contribution is 2.39. The molecule has 0 saturated carbocycles. The topological polar surface area (TPSA) is 91.8 Å². The first-order valence-corrected chi connectivity index (χ1v) is 12.9. The summed E-state index contributed by atoms with van der Waals surface area (Å²) in [5.41, 5.74) is 4.19. The standard InChI is InChI=1S/C32H29N5O3/c38-30(23-40-33-20-25-12-4-1-5-13-25)34-35-31-28-18-10-11-19-29(28)37(32(31)39)24-36(21-26-14-6-2-7-15-26)22-27-16-8-3-9-17-27/h1-20,39H,21-24H2/b33-20+,35-34?. The van der Waals surface area contributed by atoms with Gasteiger partial charge in [-0.15, -0.1) is 10.2 Å². The molecular formula is C32H29N5O3. The zero-order chi connectivity index (χ0) is 27.6. The molecule has 0 bridgehead atoms. The summed E-state index contributed by atoms with van der Waals surface area (Å²) in [5.74, 6) is -0.678. The van der Waals surface area contributed by atoms with Gasteiger partial charge in [0, 0.05) is 18.5 Å². The molecule has 0 aliphatic carbocycles. The molecule has 1 N–H and O–H groups in total. The van der Waals surface area contributed by atoms with Gasteiger partial charge in [-0.05, 0) is 22.8 Å². The first kappa shape index (κ1) is 26.5. The lowest BCUT2D eigenvalue weighted by Gasteiger charge is -2.24. The molecule has 0 aliphatic rings. The summed E-state index contributed by atoms with van der Waals surface area (Å²) in [6.45, 7) is 1.39. The molecule has 4 aromatic carbocycles. The van der Waals surface area contributed by atoms with Crippen LogP contribution in [0.2, 0.25) is 0 Å². The van der Waals surface area contributed by atoms with E-state index >= 15 is 0 Å². The molecule has 0 unspecified atom stereocenters. The summed E-state index contributed by atoms with van der Waals surface area (Å²) in [6.07, 6.45) is 1.51. The van der Waals surface area contributed by atoms with Gasteiger partial charge in [0.2, 0.25) is 5.88 Å². The van der Waals surface area contributed by atoms with Crippen LogP contribution >= 0.6 is 0 Å². The van der Waals surface area contributed by atoms with Crippen molar-refractivity contribution in [1.29, 1.82) is 0 Å². The van der Waals surface area contributed by atoms with Crippen LogP contribution in [0.1, 0.15) is 16.7 Å². The van der Waals surface area contributed by atoms with Crippen LogP contribution in [-0.2, 0) is 29.4 Å². The molecular weight excluding hydrogens is 502 g/mol. The van der Waals surface area contributed by atoms with Crippen molar-refractivity contribution in [2.75, 3.05) is 6.61 Å². The second-order valence-corrected chi connectivity index (χ2v) is 9.23. The normalized spacial score (nSPS) is 11.6. The van der Waals surface area contributed by atoms with E-state index < -0.39 is 5.91 Å². The van der Waals surface area contributed by atoms with E-state index in [1.165, 1.54) is 6.21 Å². The third-order valence-electron chi connectivity index (χ3n) is 6.28. The van der Waals surface area contributed by atoms with E-state index in [2.05, 4.69) is 44.5 Å². The number of oxime groups is 1. The van der Waals surface area contributed by atoms with E-state index in [4.69, 9.17) is 4.84 Å². The maximum atomic E-state index is 12.3. The lowest BCUT2D eigenvalue weighted by molar-refractivity contribution is -0.122. The number of benzene rings is 4. The molecule has 40 heavy (non-hydrogen) atoms. The largest absolute Gasteiger partial charge is 0.493 e. The smallest absolute Gasteiger partial charge is 0.304 e. The first-order valence-electron chi connectivity index (χ1n) is 12.9. The van der Waals surface area contributed by atoms with Crippen LogP contribution in [0.25, 0.3) is 10.9 Å². The van der Waals surface area contributed by atoms with Gasteiger partial charge in [-0.1, -0.05) is 114 Å². The van der Waals surface area contributed by atoms with Gasteiger partial charge < -0.3 is 9.94 Å². The second-order valence-electron chi connectivity index (χ2n) is 9.23. The van der Waals surface area contributed by atoms with E-state index in [1.54, 1.807) is 4.57 Å². The van der Waals surface area contributed by atoms with Gasteiger partial charge in [0.1, 0.15) is 0 Å². The number of hydrogen-bond donors (Lipinski definition) is 1. The van der Waals surface area contributed by atoms with Crippen molar-refractivity contribution in [2.45, 2.75) is 19.8 Å². The lowest BCUT2D eigenvalue weighted by Crippen LogP contribution is -2.25. The molecule has 8 nitrogen and oxygen atoms in total. The van der Waals surface area contributed by atoms with Gasteiger partial charge in [0.05, 0.1) is 18.4 Å². The van der Waals surface area contributed by atoms with E-state index in [-0.39, 0.29) is 18.2 Å². The number of fused-ring (bicyclic) bond motifs is 1. The van der Waals surface area contributed by atoms with Crippen LogP contribution in [-0.4, -0.2) is 33.3 Å². The summed E-state index contributed by atoms with van der Waals surface area (Å²) >= 11 is 0. The minimum atomic E-state index is -0.615. The summed E-state index contributed by atoms with van der Waals surface area (Å²) in [7, 11) is 0. The van der Waals surface area contributed by atoms with Gasteiger partial charge in [-0.25, -0.2) is 0 Å². The molecule has 8 heteroatoms. The molecule has 1 aromatic heterocycles. The zero-order valence-corrected chi connectivity index (χ0v) is 21.9. The number of rotatable bonds is 11. The van der Waals surface area contributed by atoms with E-state index in [0.717, 1.165) is 22.2 Å².